The lowest BCUT2D eigenvalue weighted by Crippen LogP contribution is -2.26. The maximum Gasteiger partial charge on any atom is 0.431 e. The summed E-state index contributed by atoms with van der Waals surface area (Å²) in [7, 11) is 0. The molecule has 2 atom stereocenters. The van der Waals surface area contributed by atoms with E-state index in [1.165, 1.54) is 0 Å². The highest BCUT2D eigenvalue weighted by Crippen LogP contribution is 2.58. The second kappa shape index (κ2) is 2.58. The summed E-state index contributed by atoms with van der Waals surface area (Å²) in [5, 5.41) is 6.91. The average molecular weight is 204 g/mol. The molecule has 1 heterocycles. The zero-order valence-electron chi connectivity index (χ0n) is 8.02. The van der Waals surface area contributed by atoms with Gasteiger partial charge in [0.25, 0.3) is 0 Å². The van der Waals surface area contributed by atoms with Gasteiger partial charge in [0.05, 0.1) is 0 Å². The number of nitrogens with zero attached hydrogens (tertiary/aromatic N) is 2. The van der Waals surface area contributed by atoms with Crippen molar-refractivity contribution in [2.45, 2.75) is 32.9 Å². The van der Waals surface area contributed by atoms with Crippen LogP contribution in [0.25, 0.3) is 0 Å². The fourth-order valence-corrected chi connectivity index (χ4v) is 2.11. The first-order valence-electron chi connectivity index (χ1n) is 4.51. The molecule has 1 fully saturated rings. The SMILES string of the molecule is CC1=NN=C(C(F)(F)F)C2CC2(C)C1. The Morgan fingerprint density at radius 3 is 2.57 bits per heavy atom. The van der Waals surface area contributed by atoms with Gasteiger partial charge in [-0.25, -0.2) is 0 Å². The van der Waals surface area contributed by atoms with E-state index < -0.39 is 17.8 Å². The van der Waals surface area contributed by atoms with Gasteiger partial charge in [0.1, 0.15) is 5.71 Å². The first-order chi connectivity index (χ1) is 6.33. The Bertz CT molecular complexity index is 329. The summed E-state index contributed by atoms with van der Waals surface area (Å²) in [6.07, 6.45) is -3.12. The normalized spacial score (nSPS) is 36.8. The zero-order chi connectivity index (χ0) is 10.6. The Labute approximate surface area is 79.9 Å². The van der Waals surface area contributed by atoms with E-state index in [0.717, 1.165) is 0 Å². The van der Waals surface area contributed by atoms with Crippen LogP contribution in [0.5, 0.6) is 0 Å². The third-order valence-corrected chi connectivity index (χ3v) is 2.96. The summed E-state index contributed by atoms with van der Waals surface area (Å²) in [4.78, 5) is 0. The third kappa shape index (κ3) is 1.44. The second-order valence-electron chi connectivity index (χ2n) is 4.41. The fraction of sp³-hybridized carbons (Fsp3) is 0.778. The quantitative estimate of drug-likeness (QED) is 0.579. The molecule has 0 aromatic rings. The monoisotopic (exact) mass is 204 g/mol. The van der Waals surface area contributed by atoms with Crippen molar-refractivity contribution in [1.82, 2.24) is 0 Å². The molecule has 0 bridgehead atoms. The van der Waals surface area contributed by atoms with Gasteiger partial charge in [0, 0.05) is 11.6 Å². The maximum atomic E-state index is 12.5. The van der Waals surface area contributed by atoms with Gasteiger partial charge in [-0.05, 0) is 25.2 Å². The van der Waals surface area contributed by atoms with E-state index in [2.05, 4.69) is 10.2 Å². The predicted molar refractivity (Wildman–Crippen MR) is 47.4 cm³/mol. The minimum atomic E-state index is -4.32. The third-order valence-electron chi connectivity index (χ3n) is 2.96. The van der Waals surface area contributed by atoms with Crippen molar-refractivity contribution >= 4 is 11.4 Å². The van der Waals surface area contributed by atoms with Crippen molar-refractivity contribution in [3.63, 3.8) is 0 Å². The first-order valence-corrected chi connectivity index (χ1v) is 4.51. The van der Waals surface area contributed by atoms with E-state index in [1.807, 2.05) is 6.92 Å². The van der Waals surface area contributed by atoms with Gasteiger partial charge < -0.3 is 0 Å². The standard InChI is InChI=1S/C9H11F3N2/c1-5-3-8(2)4-6(8)7(14-13-5)9(10,11)12/h6H,3-4H2,1-2H3. The fourth-order valence-electron chi connectivity index (χ4n) is 2.11. The van der Waals surface area contributed by atoms with Crippen LogP contribution in [0.4, 0.5) is 13.2 Å². The van der Waals surface area contributed by atoms with Gasteiger partial charge >= 0.3 is 6.18 Å². The molecule has 1 aliphatic heterocycles. The van der Waals surface area contributed by atoms with Crippen molar-refractivity contribution in [2.75, 3.05) is 0 Å². The maximum absolute atomic E-state index is 12.5. The molecule has 0 spiro atoms. The highest BCUT2D eigenvalue weighted by molar-refractivity contribution is 5.98. The number of fused-ring (bicyclic) bond motifs is 1. The van der Waals surface area contributed by atoms with E-state index in [9.17, 15) is 13.2 Å². The van der Waals surface area contributed by atoms with E-state index in [0.29, 0.717) is 18.6 Å². The first kappa shape index (κ1) is 9.68. The van der Waals surface area contributed by atoms with Gasteiger partial charge in [0.2, 0.25) is 0 Å². The highest BCUT2D eigenvalue weighted by atomic mass is 19.4. The molecule has 2 nitrogen and oxygen atoms in total. The largest absolute Gasteiger partial charge is 0.431 e. The van der Waals surface area contributed by atoms with Crippen molar-refractivity contribution in [3.05, 3.63) is 0 Å². The van der Waals surface area contributed by atoms with Crippen LogP contribution in [-0.2, 0) is 0 Å². The van der Waals surface area contributed by atoms with Gasteiger partial charge in [-0.2, -0.15) is 23.4 Å². The summed E-state index contributed by atoms with van der Waals surface area (Å²) in [5.74, 6) is -0.441. The smallest absolute Gasteiger partial charge is 0.165 e. The molecule has 1 aliphatic carbocycles. The molecule has 0 amide bonds. The minimum Gasteiger partial charge on any atom is -0.165 e. The second-order valence-corrected chi connectivity index (χ2v) is 4.41. The molecular formula is C9H11F3N2. The lowest BCUT2D eigenvalue weighted by Gasteiger charge is -2.10. The Morgan fingerprint density at radius 2 is 2.00 bits per heavy atom. The van der Waals surface area contributed by atoms with Crippen LogP contribution >= 0.6 is 0 Å². The summed E-state index contributed by atoms with van der Waals surface area (Å²) >= 11 is 0. The number of hydrogen-bond donors (Lipinski definition) is 0. The molecule has 0 radical (unpaired) electrons. The van der Waals surface area contributed by atoms with Crippen molar-refractivity contribution in [2.24, 2.45) is 21.5 Å². The molecule has 1 saturated carbocycles. The van der Waals surface area contributed by atoms with E-state index in [1.54, 1.807) is 6.92 Å². The molecule has 5 heteroatoms. The number of alkyl halides is 3. The summed E-state index contributed by atoms with van der Waals surface area (Å²) < 4.78 is 37.5. The predicted octanol–water partition coefficient (Wildman–Crippen LogP) is 2.80. The van der Waals surface area contributed by atoms with Crippen LogP contribution in [0.1, 0.15) is 26.7 Å². The van der Waals surface area contributed by atoms with Gasteiger partial charge in [0.15, 0.2) is 0 Å². The van der Waals surface area contributed by atoms with E-state index >= 15 is 0 Å². The van der Waals surface area contributed by atoms with E-state index in [4.69, 9.17) is 0 Å². The van der Waals surface area contributed by atoms with Crippen LogP contribution in [-0.4, -0.2) is 17.6 Å². The van der Waals surface area contributed by atoms with Gasteiger partial charge in [-0.3, -0.25) is 0 Å². The molecule has 0 aromatic heterocycles. The zero-order valence-corrected chi connectivity index (χ0v) is 8.02. The van der Waals surface area contributed by atoms with E-state index in [-0.39, 0.29) is 5.41 Å². The van der Waals surface area contributed by atoms with Gasteiger partial charge in [-0.15, -0.1) is 0 Å². The Balaban J connectivity index is 2.34. The minimum absolute atomic E-state index is 0.252. The number of halogens is 3. The highest BCUT2D eigenvalue weighted by Gasteiger charge is 2.60. The van der Waals surface area contributed by atoms with Crippen LogP contribution in [0.2, 0.25) is 0 Å². The molecule has 2 rings (SSSR count). The van der Waals surface area contributed by atoms with Crippen molar-refractivity contribution in [3.8, 4) is 0 Å². The Morgan fingerprint density at radius 1 is 1.36 bits per heavy atom. The average Bonchev–Trinajstić information content (AvgIpc) is 2.58. The van der Waals surface area contributed by atoms with Crippen LogP contribution in [0, 0.1) is 11.3 Å². The molecule has 14 heavy (non-hydrogen) atoms. The lowest BCUT2D eigenvalue weighted by atomic mass is 9.97. The topological polar surface area (TPSA) is 24.7 Å². The van der Waals surface area contributed by atoms with Crippen LogP contribution < -0.4 is 0 Å². The molecule has 2 unspecified atom stereocenters. The lowest BCUT2D eigenvalue weighted by molar-refractivity contribution is -0.0618. The van der Waals surface area contributed by atoms with Crippen molar-refractivity contribution < 1.29 is 13.2 Å². The molecule has 78 valence electrons. The van der Waals surface area contributed by atoms with Crippen LogP contribution in [0.3, 0.4) is 0 Å². The Hall–Kier alpha value is -0.870. The summed E-state index contributed by atoms with van der Waals surface area (Å²) in [5.41, 5.74) is -0.260. The summed E-state index contributed by atoms with van der Waals surface area (Å²) in [6, 6.07) is 0. The van der Waals surface area contributed by atoms with Crippen molar-refractivity contribution in [1.29, 1.82) is 0 Å². The van der Waals surface area contributed by atoms with Crippen LogP contribution in [0.15, 0.2) is 10.2 Å². The van der Waals surface area contributed by atoms with Gasteiger partial charge in [-0.1, -0.05) is 6.92 Å². The molecule has 0 aromatic carbocycles. The molecular weight excluding hydrogens is 193 g/mol. The molecule has 2 aliphatic rings. The number of rotatable bonds is 0. The molecule has 0 saturated heterocycles. The summed E-state index contributed by atoms with van der Waals surface area (Å²) in [6.45, 7) is 3.59. The number of hydrogen-bond acceptors (Lipinski definition) is 2. The molecule has 0 N–H and O–H groups in total. The Kier molecular flexibility index (Phi) is 1.78.